The third-order valence-corrected chi connectivity index (χ3v) is 3.25. The average Bonchev–Trinajstić information content (AvgIpc) is 2.37. The van der Waals surface area contributed by atoms with Crippen LogP contribution in [0.4, 0.5) is 0 Å². The second kappa shape index (κ2) is 6.54. The summed E-state index contributed by atoms with van der Waals surface area (Å²) < 4.78 is 5.68. The summed E-state index contributed by atoms with van der Waals surface area (Å²) >= 11 is 0. The van der Waals surface area contributed by atoms with E-state index in [9.17, 15) is 0 Å². The molecule has 16 heavy (non-hydrogen) atoms. The first kappa shape index (κ1) is 11.5. The molecule has 2 heteroatoms. The minimum atomic E-state index is 0.855. The number of nitrogens with one attached hydrogen (secondary N) is 1. The van der Waals surface area contributed by atoms with Crippen molar-refractivity contribution < 1.29 is 9.64 Å². The molecule has 1 fully saturated rings. The maximum atomic E-state index is 5.68. The maximum absolute atomic E-state index is 5.68. The molecule has 0 spiro atoms. The maximum Gasteiger partial charge on any atom is 0.119 e. The lowest BCUT2D eigenvalue weighted by molar-refractivity contribution is -0.905. The molecule has 1 saturated heterocycles. The number of hydrogen-bond acceptors (Lipinski definition) is 1. The topological polar surface area (TPSA) is 13.7 Å². The monoisotopic (exact) mass is 220 g/mol. The van der Waals surface area contributed by atoms with Gasteiger partial charge in [0, 0.05) is 6.42 Å². The number of rotatable bonds is 5. The van der Waals surface area contributed by atoms with Crippen molar-refractivity contribution in [1.29, 1.82) is 0 Å². The fraction of sp³-hybridized carbons (Fsp3) is 0.571. The van der Waals surface area contributed by atoms with Gasteiger partial charge in [0.1, 0.15) is 5.75 Å². The normalized spacial score (nSPS) is 17.2. The van der Waals surface area contributed by atoms with E-state index in [0.29, 0.717) is 0 Å². The molecule has 1 aliphatic heterocycles. The predicted octanol–water partition coefficient (Wildman–Crippen LogP) is 1.52. The zero-order valence-corrected chi connectivity index (χ0v) is 9.95. The Hall–Kier alpha value is -1.02. The van der Waals surface area contributed by atoms with Crippen LogP contribution in [-0.4, -0.2) is 26.2 Å². The van der Waals surface area contributed by atoms with Gasteiger partial charge in [-0.15, -0.1) is 0 Å². The molecule has 2 nitrogen and oxygen atoms in total. The van der Waals surface area contributed by atoms with E-state index in [-0.39, 0.29) is 0 Å². The number of piperidine rings is 1. The molecule has 1 aromatic rings. The van der Waals surface area contributed by atoms with E-state index in [0.717, 1.165) is 12.4 Å². The van der Waals surface area contributed by atoms with Gasteiger partial charge in [0.05, 0.1) is 26.2 Å². The molecule has 0 radical (unpaired) electrons. The van der Waals surface area contributed by atoms with Crippen LogP contribution in [0, 0.1) is 0 Å². The van der Waals surface area contributed by atoms with Crippen LogP contribution in [0.15, 0.2) is 30.3 Å². The number of benzene rings is 1. The lowest BCUT2D eigenvalue weighted by atomic mass is 10.1. The number of hydrogen-bond donors (Lipinski definition) is 1. The molecular weight excluding hydrogens is 198 g/mol. The highest BCUT2D eigenvalue weighted by molar-refractivity contribution is 5.20. The summed E-state index contributed by atoms with van der Waals surface area (Å²) in [5.74, 6) is 0.996. The summed E-state index contributed by atoms with van der Waals surface area (Å²) in [4.78, 5) is 1.77. The third-order valence-electron chi connectivity index (χ3n) is 3.25. The SMILES string of the molecule is c1ccc(OCCC[NH+]2CCCCC2)cc1. The molecule has 0 aromatic heterocycles. The van der Waals surface area contributed by atoms with Crippen molar-refractivity contribution in [3.63, 3.8) is 0 Å². The van der Waals surface area contributed by atoms with Crippen LogP contribution in [0.3, 0.4) is 0 Å². The van der Waals surface area contributed by atoms with Crippen molar-refractivity contribution in [1.82, 2.24) is 0 Å². The van der Waals surface area contributed by atoms with Crippen LogP contribution < -0.4 is 9.64 Å². The number of ether oxygens (including phenoxy) is 1. The number of para-hydroxylation sites is 1. The van der Waals surface area contributed by atoms with Gasteiger partial charge in [-0.3, -0.25) is 0 Å². The standard InChI is InChI=1S/C14H21NO/c1-3-8-14(9-4-1)16-13-7-12-15-10-5-2-6-11-15/h1,3-4,8-9H,2,5-7,10-13H2/p+1. The van der Waals surface area contributed by atoms with Crippen molar-refractivity contribution in [2.24, 2.45) is 0 Å². The first-order chi connectivity index (χ1) is 7.95. The van der Waals surface area contributed by atoms with Crippen LogP contribution in [0.5, 0.6) is 5.75 Å². The van der Waals surface area contributed by atoms with Gasteiger partial charge < -0.3 is 9.64 Å². The lowest BCUT2D eigenvalue weighted by Crippen LogP contribution is -3.12. The van der Waals surface area contributed by atoms with E-state index in [4.69, 9.17) is 4.74 Å². The molecule has 0 unspecified atom stereocenters. The summed E-state index contributed by atoms with van der Waals surface area (Å²) in [6.45, 7) is 4.86. The zero-order valence-electron chi connectivity index (χ0n) is 9.95. The van der Waals surface area contributed by atoms with Crippen molar-refractivity contribution in [2.45, 2.75) is 25.7 Å². The molecule has 2 rings (SSSR count). The first-order valence-corrected chi connectivity index (χ1v) is 6.46. The predicted molar refractivity (Wildman–Crippen MR) is 66.0 cm³/mol. The Morgan fingerprint density at radius 2 is 1.75 bits per heavy atom. The van der Waals surface area contributed by atoms with E-state index >= 15 is 0 Å². The average molecular weight is 220 g/mol. The number of likely N-dealkylation sites (tertiary alicyclic amines) is 1. The van der Waals surface area contributed by atoms with Crippen LogP contribution in [0.1, 0.15) is 25.7 Å². The highest BCUT2D eigenvalue weighted by atomic mass is 16.5. The van der Waals surface area contributed by atoms with Gasteiger partial charge in [-0.2, -0.15) is 0 Å². The Labute approximate surface area is 98.2 Å². The first-order valence-electron chi connectivity index (χ1n) is 6.46. The molecule has 0 atom stereocenters. The van der Waals surface area contributed by atoms with Gasteiger partial charge in [0.2, 0.25) is 0 Å². The summed E-state index contributed by atoms with van der Waals surface area (Å²) in [6.07, 6.45) is 5.43. The van der Waals surface area contributed by atoms with Crippen molar-refractivity contribution in [2.75, 3.05) is 26.2 Å². The van der Waals surface area contributed by atoms with Crippen LogP contribution >= 0.6 is 0 Å². The van der Waals surface area contributed by atoms with Gasteiger partial charge in [0.15, 0.2) is 0 Å². The fourth-order valence-corrected chi connectivity index (χ4v) is 2.33. The minimum absolute atomic E-state index is 0.855. The second-order valence-corrected chi connectivity index (χ2v) is 4.58. The molecule has 1 heterocycles. The summed E-state index contributed by atoms with van der Waals surface area (Å²) in [6, 6.07) is 10.1. The largest absolute Gasteiger partial charge is 0.493 e. The highest BCUT2D eigenvalue weighted by Gasteiger charge is 2.12. The molecule has 0 saturated carbocycles. The van der Waals surface area contributed by atoms with Gasteiger partial charge in [-0.25, -0.2) is 0 Å². The number of quaternary nitrogens is 1. The van der Waals surface area contributed by atoms with Crippen LogP contribution in [0.2, 0.25) is 0 Å². The second-order valence-electron chi connectivity index (χ2n) is 4.58. The van der Waals surface area contributed by atoms with Gasteiger partial charge >= 0.3 is 0 Å². The third kappa shape index (κ3) is 3.86. The molecule has 1 aromatic carbocycles. The molecule has 1 aliphatic rings. The van der Waals surface area contributed by atoms with Gasteiger partial charge in [-0.05, 0) is 31.4 Å². The van der Waals surface area contributed by atoms with E-state index in [1.807, 2.05) is 30.3 Å². The summed E-state index contributed by atoms with van der Waals surface area (Å²) in [5, 5.41) is 0. The molecule has 0 amide bonds. The van der Waals surface area contributed by atoms with Crippen LogP contribution in [0.25, 0.3) is 0 Å². The Bertz CT molecular complexity index is 280. The molecule has 1 N–H and O–H groups in total. The Morgan fingerprint density at radius 1 is 1.00 bits per heavy atom. The van der Waals surface area contributed by atoms with E-state index in [1.54, 1.807) is 4.90 Å². The quantitative estimate of drug-likeness (QED) is 0.743. The van der Waals surface area contributed by atoms with Crippen molar-refractivity contribution in [3.8, 4) is 5.75 Å². The van der Waals surface area contributed by atoms with Crippen molar-refractivity contribution >= 4 is 0 Å². The zero-order chi connectivity index (χ0) is 11.1. The Kier molecular flexibility index (Phi) is 4.69. The fourth-order valence-electron chi connectivity index (χ4n) is 2.33. The molecule has 0 bridgehead atoms. The summed E-state index contributed by atoms with van der Waals surface area (Å²) in [7, 11) is 0. The Balaban J connectivity index is 1.58. The lowest BCUT2D eigenvalue weighted by Gasteiger charge is -2.23. The molecule has 0 aliphatic carbocycles. The van der Waals surface area contributed by atoms with Crippen LogP contribution in [-0.2, 0) is 0 Å². The van der Waals surface area contributed by atoms with Crippen molar-refractivity contribution in [3.05, 3.63) is 30.3 Å². The highest BCUT2D eigenvalue weighted by Crippen LogP contribution is 2.07. The van der Waals surface area contributed by atoms with Gasteiger partial charge in [-0.1, -0.05) is 18.2 Å². The van der Waals surface area contributed by atoms with E-state index in [1.165, 1.54) is 45.3 Å². The molecular formula is C14H22NO+. The summed E-state index contributed by atoms with van der Waals surface area (Å²) in [5.41, 5.74) is 0. The minimum Gasteiger partial charge on any atom is -0.493 e. The molecule has 88 valence electrons. The van der Waals surface area contributed by atoms with E-state index in [2.05, 4.69) is 0 Å². The van der Waals surface area contributed by atoms with Gasteiger partial charge in [0.25, 0.3) is 0 Å². The smallest absolute Gasteiger partial charge is 0.119 e. The Morgan fingerprint density at radius 3 is 2.50 bits per heavy atom. The van der Waals surface area contributed by atoms with E-state index < -0.39 is 0 Å².